The van der Waals surface area contributed by atoms with Gasteiger partial charge in [0.25, 0.3) is 11.7 Å². The second-order valence-corrected chi connectivity index (χ2v) is 4.24. The van der Waals surface area contributed by atoms with E-state index in [-0.39, 0.29) is 23.7 Å². The summed E-state index contributed by atoms with van der Waals surface area (Å²) in [6.45, 7) is 1.33. The van der Waals surface area contributed by atoms with Gasteiger partial charge in [-0.3, -0.25) is 14.5 Å². The third-order valence-electron chi connectivity index (χ3n) is 2.85. The van der Waals surface area contributed by atoms with Crippen LogP contribution in [0.5, 0.6) is 0 Å². The quantitative estimate of drug-likeness (QED) is 0.776. The number of hydrogen-bond acceptors (Lipinski definition) is 5. The smallest absolute Gasteiger partial charge is 0.300 e. The molecule has 1 amide bonds. The van der Waals surface area contributed by atoms with Gasteiger partial charge in [-0.05, 0) is 13.0 Å². The molecule has 8 heteroatoms. The van der Waals surface area contributed by atoms with E-state index in [2.05, 4.69) is 10.1 Å². The van der Waals surface area contributed by atoms with Crippen LogP contribution in [0, 0.1) is 18.6 Å². The van der Waals surface area contributed by atoms with E-state index < -0.39 is 23.3 Å². The summed E-state index contributed by atoms with van der Waals surface area (Å²) in [7, 11) is 0. The molecule has 1 aliphatic heterocycles. The molecule has 0 atom stereocenters. The Bertz CT molecular complexity index is 742. The molecule has 1 aliphatic rings. The number of aryl methyl sites for hydroxylation is 1. The van der Waals surface area contributed by atoms with E-state index >= 15 is 0 Å². The minimum atomic E-state index is -0.990. The lowest BCUT2D eigenvalue weighted by atomic mass is 10.1. The van der Waals surface area contributed by atoms with E-state index in [0.717, 1.165) is 11.0 Å². The normalized spacial score (nSPS) is 14.1. The van der Waals surface area contributed by atoms with E-state index in [1.165, 1.54) is 0 Å². The van der Waals surface area contributed by atoms with Gasteiger partial charge in [-0.15, -0.1) is 0 Å². The number of benzene rings is 1. The Kier molecular flexibility index (Phi) is 2.60. The molecule has 0 aliphatic carbocycles. The summed E-state index contributed by atoms with van der Waals surface area (Å²) >= 11 is 0. The Labute approximate surface area is 111 Å². The molecule has 2 heterocycles. The summed E-state index contributed by atoms with van der Waals surface area (Å²) in [6, 6.07) is 1.44. The molecule has 102 valence electrons. The standard InChI is InChI=1S/C12H7F2N3O3/c1-5-15-9(20-16-5)4-17-10-7(11(18)12(17)19)2-6(13)3-8(10)14/h2-3H,4H2,1H3. The molecule has 20 heavy (non-hydrogen) atoms. The summed E-state index contributed by atoms with van der Waals surface area (Å²) in [5.41, 5.74) is -0.569. The first kappa shape index (κ1) is 12.4. The average Bonchev–Trinajstić information content (AvgIpc) is 2.88. The van der Waals surface area contributed by atoms with Crippen molar-refractivity contribution in [3.8, 4) is 0 Å². The largest absolute Gasteiger partial charge is 0.337 e. The third-order valence-corrected chi connectivity index (χ3v) is 2.85. The van der Waals surface area contributed by atoms with Crippen LogP contribution in [0.15, 0.2) is 16.7 Å². The topological polar surface area (TPSA) is 76.3 Å². The van der Waals surface area contributed by atoms with Crippen molar-refractivity contribution in [2.45, 2.75) is 13.5 Å². The first-order valence-electron chi connectivity index (χ1n) is 5.62. The fourth-order valence-electron chi connectivity index (χ4n) is 2.04. The van der Waals surface area contributed by atoms with Gasteiger partial charge in [-0.25, -0.2) is 8.78 Å². The number of carbonyl (C=O) groups is 2. The fourth-order valence-corrected chi connectivity index (χ4v) is 2.04. The molecule has 2 aromatic rings. The number of anilines is 1. The lowest BCUT2D eigenvalue weighted by Gasteiger charge is -2.14. The number of amides is 1. The van der Waals surface area contributed by atoms with E-state index in [0.29, 0.717) is 11.9 Å². The average molecular weight is 279 g/mol. The van der Waals surface area contributed by atoms with Gasteiger partial charge in [0.15, 0.2) is 11.6 Å². The Morgan fingerprint density at radius 3 is 2.70 bits per heavy atom. The van der Waals surface area contributed by atoms with Crippen LogP contribution in [0.4, 0.5) is 14.5 Å². The number of fused-ring (bicyclic) bond motifs is 1. The number of nitrogens with zero attached hydrogens (tertiary/aromatic N) is 3. The highest BCUT2D eigenvalue weighted by atomic mass is 19.1. The highest BCUT2D eigenvalue weighted by molar-refractivity contribution is 6.52. The fraction of sp³-hybridized carbons (Fsp3) is 0.167. The van der Waals surface area contributed by atoms with E-state index in [9.17, 15) is 18.4 Å². The number of hydrogen-bond donors (Lipinski definition) is 0. The summed E-state index contributed by atoms with van der Waals surface area (Å²) in [5.74, 6) is -3.43. The zero-order chi connectivity index (χ0) is 14.4. The zero-order valence-corrected chi connectivity index (χ0v) is 10.2. The number of ketones is 1. The summed E-state index contributed by atoms with van der Waals surface area (Å²) in [4.78, 5) is 28.3. The Hall–Kier alpha value is -2.64. The molecule has 6 nitrogen and oxygen atoms in total. The molecule has 1 aromatic carbocycles. The van der Waals surface area contributed by atoms with Crippen LogP contribution in [-0.4, -0.2) is 21.8 Å². The minimum absolute atomic E-state index is 0.0558. The van der Waals surface area contributed by atoms with Crippen molar-refractivity contribution in [2.75, 3.05) is 4.90 Å². The molecule has 1 aromatic heterocycles. The lowest BCUT2D eigenvalue weighted by Crippen LogP contribution is -2.29. The Morgan fingerprint density at radius 2 is 2.05 bits per heavy atom. The van der Waals surface area contributed by atoms with Crippen molar-refractivity contribution in [3.05, 3.63) is 41.0 Å². The van der Waals surface area contributed by atoms with Crippen LogP contribution in [-0.2, 0) is 11.3 Å². The maximum Gasteiger partial charge on any atom is 0.300 e. The molecule has 0 radical (unpaired) electrons. The van der Waals surface area contributed by atoms with Crippen molar-refractivity contribution >= 4 is 17.4 Å². The Balaban J connectivity index is 2.06. The second-order valence-electron chi connectivity index (χ2n) is 4.24. The van der Waals surface area contributed by atoms with Gasteiger partial charge < -0.3 is 4.52 Å². The van der Waals surface area contributed by atoms with Crippen LogP contribution in [0.2, 0.25) is 0 Å². The van der Waals surface area contributed by atoms with Crippen LogP contribution in [0.3, 0.4) is 0 Å². The SMILES string of the molecule is Cc1noc(CN2C(=O)C(=O)c3cc(F)cc(F)c32)n1. The minimum Gasteiger partial charge on any atom is -0.337 e. The van der Waals surface area contributed by atoms with Crippen molar-refractivity contribution in [3.63, 3.8) is 0 Å². The van der Waals surface area contributed by atoms with Crippen molar-refractivity contribution in [2.24, 2.45) is 0 Å². The van der Waals surface area contributed by atoms with Crippen LogP contribution in [0.25, 0.3) is 0 Å². The van der Waals surface area contributed by atoms with Gasteiger partial charge in [0.2, 0.25) is 5.89 Å². The lowest BCUT2D eigenvalue weighted by molar-refractivity contribution is -0.114. The molecule has 0 N–H and O–H groups in total. The summed E-state index contributed by atoms with van der Waals surface area (Å²) in [6.07, 6.45) is 0. The number of rotatable bonds is 2. The highest BCUT2D eigenvalue weighted by Crippen LogP contribution is 2.33. The second kappa shape index (κ2) is 4.19. The monoisotopic (exact) mass is 279 g/mol. The van der Waals surface area contributed by atoms with Crippen molar-refractivity contribution in [1.82, 2.24) is 10.1 Å². The summed E-state index contributed by atoms with van der Waals surface area (Å²) in [5, 5.41) is 3.53. The van der Waals surface area contributed by atoms with Gasteiger partial charge in [0, 0.05) is 6.07 Å². The number of Topliss-reactive ketones (excluding diaryl/α,β-unsaturated/α-hetero) is 1. The van der Waals surface area contributed by atoms with Gasteiger partial charge in [-0.1, -0.05) is 5.16 Å². The molecule has 3 rings (SSSR count). The zero-order valence-electron chi connectivity index (χ0n) is 10.2. The maximum atomic E-state index is 13.8. The van der Waals surface area contributed by atoms with Crippen LogP contribution in [0.1, 0.15) is 22.1 Å². The molecular weight excluding hydrogens is 272 g/mol. The van der Waals surface area contributed by atoms with Crippen LogP contribution < -0.4 is 4.90 Å². The molecule has 0 saturated heterocycles. The van der Waals surface area contributed by atoms with E-state index in [1.54, 1.807) is 6.92 Å². The molecule has 0 spiro atoms. The van der Waals surface area contributed by atoms with Gasteiger partial charge in [-0.2, -0.15) is 4.98 Å². The predicted octanol–water partition coefficient (Wildman–Crippen LogP) is 1.39. The van der Waals surface area contributed by atoms with Crippen molar-refractivity contribution < 1.29 is 22.9 Å². The first-order valence-corrected chi connectivity index (χ1v) is 5.62. The first-order chi connectivity index (χ1) is 9.47. The molecule has 0 fully saturated rings. The molecule has 0 bridgehead atoms. The molecule has 0 unspecified atom stereocenters. The molecule has 0 saturated carbocycles. The third kappa shape index (κ3) is 1.77. The van der Waals surface area contributed by atoms with Gasteiger partial charge >= 0.3 is 0 Å². The van der Waals surface area contributed by atoms with Crippen molar-refractivity contribution in [1.29, 1.82) is 0 Å². The number of carbonyl (C=O) groups excluding carboxylic acids is 2. The maximum absolute atomic E-state index is 13.8. The number of halogens is 2. The summed E-state index contributed by atoms with van der Waals surface area (Å²) < 4.78 is 31.7. The van der Waals surface area contributed by atoms with Gasteiger partial charge in [0.05, 0.1) is 11.3 Å². The van der Waals surface area contributed by atoms with Crippen LogP contribution >= 0.6 is 0 Å². The number of aromatic nitrogens is 2. The molecular formula is C12H7F2N3O3. The van der Waals surface area contributed by atoms with E-state index in [1.807, 2.05) is 0 Å². The van der Waals surface area contributed by atoms with Gasteiger partial charge in [0.1, 0.15) is 12.4 Å². The Morgan fingerprint density at radius 1 is 1.30 bits per heavy atom. The predicted molar refractivity (Wildman–Crippen MR) is 60.9 cm³/mol. The van der Waals surface area contributed by atoms with E-state index in [4.69, 9.17) is 4.52 Å². The highest BCUT2D eigenvalue weighted by Gasteiger charge is 2.39.